The molecule has 2 N–H and O–H groups in total. The topological polar surface area (TPSA) is 82.6 Å². The lowest BCUT2D eigenvalue weighted by Gasteiger charge is -2.13. The average Bonchev–Trinajstić information content (AvgIpc) is 2.58. The summed E-state index contributed by atoms with van der Waals surface area (Å²) in [5.41, 5.74) is 4.68. The molecule has 1 amide bonds. The van der Waals surface area contributed by atoms with Crippen molar-refractivity contribution in [3.8, 4) is 0 Å². The Bertz CT molecular complexity index is 843. The van der Waals surface area contributed by atoms with Crippen LogP contribution in [0, 0.1) is 0 Å². The molecule has 0 spiro atoms. The largest absolute Gasteiger partial charge is 0.294 e. The van der Waals surface area contributed by atoms with Crippen LogP contribution in [0.5, 0.6) is 0 Å². The quantitative estimate of drug-likeness (QED) is 0.504. The summed E-state index contributed by atoms with van der Waals surface area (Å²) < 4.78 is 1.94. The van der Waals surface area contributed by atoms with Crippen molar-refractivity contribution in [2.24, 2.45) is 12.0 Å². The van der Waals surface area contributed by atoms with Gasteiger partial charge in [0.2, 0.25) is 0 Å². The smallest absolute Gasteiger partial charge is 0.274 e. The van der Waals surface area contributed by atoms with Crippen LogP contribution in [-0.2, 0) is 7.05 Å². The first kappa shape index (κ1) is 16.0. The van der Waals surface area contributed by atoms with E-state index in [1.54, 1.807) is 11.5 Å². The highest BCUT2D eigenvalue weighted by molar-refractivity contribution is 6.08. The second-order valence-electron chi connectivity index (χ2n) is 5.77. The maximum atomic E-state index is 12.3. The molecule has 1 aromatic heterocycles. The number of aliphatic imine (C=N–C) groups is 1. The van der Waals surface area contributed by atoms with E-state index in [2.05, 4.69) is 4.99 Å². The lowest BCUT2D eigenvalue weighted by molar-refractivity contribution is -0.671. The normalized spacial score (nSPS) is 14.2. The van der Waals surface area contributed by atoms with E-state index in [1.165, 1.54) is 12.1 Å². The van der Waals surface area contributed by atoms with Gasteiger partial charge in [0.15, 0.2) is 18.2 Å². The molecule has 0 bridgehead atoms. The summed E-state index contributed by atoms with van der Waals surface area (Å²) in [6.07, 6.45) is 5.77. The Labute approximate surface area is 139 Å². The van der Waals surface area contributed by atoms with E-state index in [1.807, 2.05) is 36.1 Å². The number of fused-ring (bicyclic) bond motifs is 1. The molecular weight excluding hydrogens is 306 g/mol. The van der Waals surface area contributed by atoms with E-state index < -0.39 is 5.91 Å². The maximum absolute atomic E-state index is 12.3. The molecule has 0 unspecified atom stereocenters. The summed E-state index contributed by atoms with van der Waals surface area (Å²) in [6.45, 7) is 0. The van der Waals surface area contributed by atoms with Gasteiger partial charge in [-0.15, -0.1) is 0 Å². The maximum Gasteiger partial charge on any atom is 0.274 e. The SMILES string of the molecule is C[n+]1cccc(C2=Nc3cc(C(=O)NO)ccc3C(=O)CCC2)c1. The van der Waals surface area contributed by atoms with Gasteiger partial charge < -0.3 is 0 Å². The fraction of sp³-hybridized carbons (Fsp3) is 0.222. The van der Waals surface area contributed by atoms with Gasteiger partial charge in [-0.2, -0.15) is 0 Å². The minimum absolute atomic E-state index is 0.0161. The fourth-order valence-corrected chi connectivity index (χ4v) is 2.79. The first-order chi connectivity index (χ1) is 11.6. The summed E-state index contributed by atoms with van der Waals surface area (Å²) in [5.74, 6) is -0.613. The molecule has 2 aromatic rings. The molecule has 0 atom stereocenters. The first-order valence-corrected chi connectivity index (χ1v) is 7.73. The number of hydrogen-bond acceptors (Lipinski definition) is 4. The van der Waals surface area contributed by atoms with Crippen molar-refractivity contribution >= 4 is 23.1 Å². The molecule has 0 aliphatic carbocycles. The van der Waals surface area contributed by atoms with E-state index in [9.17, 15) is 9.59 Å². The number of aromatic nitrogens is 1. The van der Waals surface area contributed by atoms with Crippen molar-refractivity contribution in [3.05, 3.63) is 59.4 Å². The molecule has 1 aliphatic rings. The standard InChI is InChI=1S/C18H17N3O3/c1-21-9-3-4-13(11-21)15-5-2-6-17(22)14-8-7-12(18(23)20-24)10-16(14)19-15/h3-4,7-11H,2,5-6H2,1H3,(H-,20,22,23,24)/p+1. The molecule has 3 rings (SSSR count). The minimum Gasteiger partial charge on any atom is -0.294 e. The number of rotatable bonds is 2. The van der Waals surface area contributed by atoms with Gasteiger partial charge in [-0.05, 0) is 37.1 Å². The molecule has 6 heteroatoms. The zero-order valence-corrected chi connectivity index (χ0v) is 13.3. The highest BCUT2D eigenvalue weighted by atomic mass is 16.5. The number of aryl methyl sites for hydroxylation is 1. The molecule has 1 aromatic carbocycles. The van der Waals surface area contributed by atoms with Crippen LogP contribution in [0.2, 0.25) is 0 Å². The number of carbonyl (C=O) groups excluding carboxylic acids is 2. The van der Waals surface area contributed by atoms with Gasteiger partial charge in [0.25, 0.3) is 5.91 Å². The molecule has 0 radical (unpaired) electrons. The Morgan fingerprint density at radius 1 is 1.29 bits per heavy atom. The molecule has 1 aliphatic heterocycles. The average molecular weight is 324 g/mol. The Hall–Kier alpha value is -2.86. The van der Waals surface area contributed by atoms with Crippen molar-refractivity contribution in [1.82, 2.24) is 5.48 Å². The number of hydroxylamine groups is 1. The van der Waals surface area contributed by atoms with Crippen LogP contribution in [-0.4, -0.2) is 22.6 Å². The third-order valence-corrected chi connectivity index (χ3v) is 4.01. The van der Waals surface area contributed by atoms with E-state index in [-0.39, 0.29) is 11.3 Å². The lowest BCUT2D eigenvalue weighted by atomic mass is 9.97. The van der Waals surface area contributed by atoms with Gasteiger partial charge in [0.05, 0.1) is 17.0 Å². The van der Waals surface area contributed by atoms with E-state index in [4.69, 9.17) is 5.21 Å². The monoisotopic (exact) mass is 324 g/mol. The van der Waals surface area contributed by atoms with Crippen LogP contribution < -0.4 is 10.0 Å². The van der Waals surface area contributed by atoms with Crippen molar-refractivity contribution in [2.45, 2.75) is 19.3 Å². The number of nitrogens with one attached hydrogen (secondary N) is 1. The lowest BCUT2D eigenvalue weighted by Crippen LogP contribution is -2.28. The van der Waals surface area contributed by atoms with Crippen molar-refractivity contribution in [1.29, 1.82) is 0 Å². The van der Waals surface area contributed by atoms with Crippen LogP contribution in [0.4, 0.5) is 5.69 Å². The number of Topliss-reactive ketones (excluding diaryl/α,β-unsaturated/α-hetero) is 1. The molecule has 0 saturated heterocycles. The first-order valence-electron chi connectivity index (χ1n) is 7.73. The highest BCUT2D eigenvalue weighted by Crippen LogP contribution is 2.27. The second kappa shape index (κ2) is 6.72. The molecule has 122 valence electrons. The number of nitrogens with zero attached hydrogens (tertiary/aromatic N) is 2. The Morgan fingerprint density at radius 3 is 2.88 bits per heavy atom. The van der Waals surface area contributed by atoms with Crippen molar-refractivity contribution in [3.63, 3.8) is 0 Å². The van der Waals surface area contributed by atoms with Crippen LogP contribution in [0.15, 0.2) is 47.7 Å². The Morgan fingerprint density at radius 2 is 2.12 bits per heavy atom. The van der Waals surface area contributed by atoms with Gasteiger partial charge in [-0.25, -0.2) is 10.0 Å². The Kier molecular flexibility index (Phi) is 4.48. The van der Waals surface area contributed by atoms with E-state index in [0.717, 1.165) is 17.7 Å². The highest BCUT2D eigenvalue weighted by Gasteiger charge is 2.19. The van der Waals surface area contributed by atoms with Gasteiger partial charge in [0, 0.05) is 23.6 Å². The van der Waals surface area contributed by atoms with Gasteiger partial charge >= 0.3 is 0 Å². The number of amides is 1. The molecule has 0 saturated carbocycles. The van der Waals surface area contributed by atoms with E-state index >= 15 is 0 Å². The van der Waals surface area contributed by atoms with Crippen LogP contribution >= 0.6 is 0 Å². The van der Waals surface area contributed by atoms with Crippen LogP contribution in [0.1, 0.15) is 45.5 Å². The van der Waals surface area contributed by atoms with Gasteiger partial charge in [0.1, 0.15) is 7.05 Å². The number of pyridine rings is 1. The molecule has 2 heterocycles. The summed E-state index contributed by atoms with van der Waals surface area (Å²) in [6, 6.07) is 8.57. The van der Waals surface area contributed by atoms with E-state index in [0.29, 0.717) is 24.1 Å². The third-order valence-electron chi connectivity index (χ3n) is 4.01. The molecular formula is C18H18N3O3+. The van der Waals surface area contributed by atoms with Gasteiger partial charge in [-0.3, -0.25) is 19.8 Å². The molecule has 0 fully saturated rings. The summed E-state index contributed by atoms with van der Waals surface area (Å²) in [5, 5.41) is 8.80. The summed E-state index contributed by atoms with van der Waals surface area (Å²) in [4.78, 5) is 28.6. The van der Waals surface area contributed by atoms with Crippen LogP contribution in [0.3, 0.4) is 0 Å². The third kappa shape index (κ3) is 3.23. The number of hydrogen-bond donors (Lipinski definition) is 2. The zero-order valence-electron chi connectivity index (χ0n) is 13.3. The number of carbonyl (C=O) groups is 2. The number of ketones is 1. The van der Waals surface area contributed by atoms with Crippen molar-refractivity contribution in [2.75, 3.05) is 0 Å². The molecule has 6 nitrogen and oxygen atoms in total. The number of benzene rings is 1. The zero-order chi connectivity index (χ0) is 17.1. The summed E-state index contributed by atoms with van der Waals surface area (Å²) >= 11 is 0. The minimum atomic E-state index is -0.629. The molecule has 24 heavy (non-hydrogen) atoms. The van der Waals surface area contributed by atoms with Crippen LogP contribution in [0.25, 0.3) is 0 Å². The summed E-state index contributed by atoms with van der Waals surface area (Å²) in [7, 11) is 1.94. The second-order valence-corrected chi connectivity index (χ2v) is 5.77. The fourth-order valence-electron chi connectivity index (χ4n) is 2.79. The predicted molar refractivity (Wildman–Crippen MR) is 87.7 cm³/mol. The van der Waals surface area contributed by atoms with Crippen molar-refractivity contribution < 1.29 is 19.4 Å². The van der Waals surface area contributed by atoms with Gasteiger partial charge in [-0.1, -0.05) is 0 Å². The Balaban J connectivity index is 2.13. The predicted octanol–water partition coefficient (Wildman–Crippen LogP) is 2.12.